The molecular weight excluding hydrogens is 412 g/mol. The highest BCUT2D eigenvalue weighted by Gasteiger charge is 2.17. The number of hydrogen-bond donors (Lipinski definition) is 2. The monoisotopic (exact) mass is 444 g/mol. The molecule has 0 radical (unpaired) electrons. The van der Waals surface area contributed by atoms with Crippen molar-refractivity contribution < 1.29 is 13.2 Å². The van der Waals surface area contributed by atoms with Gasteiger partial charge in [0.05, 0.1) is 4.90 Å². The second-order valence-electron chi connectivity index (χ2n) is 8.12. The molecule has 31 heavy (non-hydrogen) atoms. The van der Waals surface area contributed by atoms with Gasteiger partial charge in [0.2, 0.25) is 15.9 Å². The van der Waals surface area contributed by atoms with Crippen LogP contribution in [-0.4, -0.2) is 38.9 Å². The Hall–Kier alpha value is -2.45. The van der Waals surface area contributed by atoms with E-state index in [1.54, 1.807) is 25.3 Å². The largest absolute Gasteiger partial charge is 0.357 e. The number of carbonyl (C=O) groups is 1. The van der Waals surface area contributed by atoms with E-state index in [1.165, 1.54) is 25.7 Å². The minimum absolute atomic E-state index is 0.0524. The molecule has 0 bridgehead atoms. The van der Waals surface area contributed by atoms with E-state index in [0.29, 0.717) is 12.1 Å². The first-order valence-corrected chi connectivity index (χ1v) is 12.4. The molecule has 2 heterocycles. The van der Waals surface area contributed by atoms with Crippen LogP contribution in [0.25, 0.3) is 0 Å². The summed E-state index contributed by atoms with van der Waals surface area (Å²) in [4.78, 5) is 19.2. The standard InChI is InChI=1S/C23H32N4O3S/c1-18-7-8-21(19(2)15-18)31(29,30)26-12-10-23(28)25-17-20-9-11-24-22(16-20)27-13-5-3-4-6-14-27/h7-9,11,15-16,26H,3-6,10,12-14,17H2,1-2H3,(H,25,28). The smallest absolute Gasteiger partial charge is 0.240 e. The number of anilines is 1. The number of carbonyl (C=O) groups excluding carboxylic acids is 1. The van der Waals surface area contributed by atoms with E-state index < -0.39 is 10.0 Å². The number of nitrogens with one attached hydrogen (secondary N) is 2. The first-order valence-electron chi connectivity index (χ1n) is 10.9. The second kappa shape index (κ2) is 10.7. The van der Waals surface area contributed by atoms with Gasteiger partial charge in [-0.1, -0.05) is 30.5 Å². The van der Waals surface area contributed by atoms with Gasteiger partial charge in [0, 0.05) is 38.8 Å². The predicted molar refractivity (Wildman–Crippen MR) is 122 cm³/mol. The van der Waals surface area contributed by atoms with Crippen LogP contribution in [0.5, 0.6) is 0 Å². The lowest BCUT2D eigenvalue weighted by atomic mass is 10.2. The van der Waals surface area contributed by atoms with Crippen LogP contribution in [0.3, 0.4) is 0 Å². The summed E-state index contributed by atoms with van der Waals surface area (Å²) in [5.74, 6) is 0.756. The number of benzene rings is 1. The van der Waals surface area contributed by atoms with Crippen molar-refractivity contribution in [3.05, 3.63) is 53.2 Å². The molecule has 1 aromatic heterocycles. The quantitative estimate of drug-likeness (QED) is 0.653. The molecule has 0 unspecified atom stereocenters. The normalized spacial score (nSPS) is 14.8. The summed E-state index contributed by atoms with van der Waals surface area (Å²) in [6.45, 7) is 6.17. The van der Waals surface area contributed by atoms with Gasteiger partial charge < -0.3 is 10.2 Å². The molecule has 2 aromatic rings. The number of hydrogen-bond acceptors (Lipinski definition) is 5. The van der Waals surface area contributed by atoms with Crippen LogP contribution in [0.4, 0.5) is 5.82 Å². The number of amides is 1. The van der Waals surface area contributed by atoms with Gasteiger partial charge in [0.15, 0.2) is 0 Å². The van der Waals surface area contributed by atoms with Crippen LogP contribution in [0.2, 0.25) is 0 Å². The third-order valence-corrected chi connectivity index (χ3v) is 7.11. The minimum Gasteiger partial charge on any atom is -0.357 e. The Morgan fingerprint density at radius 2 is 1.81 bits per heavy atom. The maximum atomic E-state index is 12.5. The van der Waals surface area contributed by atoms with Crippen molar-refractivity contribution in [1.29, 1.82) is 0 Å². The molecule has 8 heteroatoms. The molecule has 2 N–H and O–H groups in total. The predicted octanol–water partition coefficient (Wildman–Crippen LogP) is 3.06. The molecule has 1 aliphatic heterocycles. The number of aromatic nitrogens is 1. The van der Waals surface area contributed by atoms with Crippen LogP contribution in [-0.2, 0) is 21.4 Å². The Kier molecular flexibility index (Phi) is 8.03. The number of nitrogens with zero attached hydrogens (tertiary/aromatic N) is 2. The maximum Gasteiger partial charge on any atom is 0.240 e. The van der Waals surface area contributed by atoms with Crippen LogP contribution in [0, 0.1) is 13.8 Å². The maximum absolute atomic E-state index is 12.5. The van der Waals surface area contributed by atoms with Crippen molar-refractivity contribution >= 4 is 21.7 Å². The molecule has 1 aromatic carbocycles. The minimum atomic E-state index is -3.64. The molecule has 3 rings (SSSR count). The van der Waals surface area contributed by atoms with E-state index in [9.17, 15) is 13.2 Å². The van der Waals surface area contributed by atoms with Crippen molar-refractivity contribution in [2.24, 2.45) is 0 Å². The molecule has 0 atom stereocenters. The Morgan fingerprint density at radius 3 is 2.52 bits per heavy atom. The molecule has 1 amide bonds. The van der Waals surface area contributed by atoms with Gasteiger partial charge in [0.1, 0.15) is 5.82 Å². The van der Waals surface area contributed by atoms with Gasteiger partial charge in [-0.3, -0.25) is 4.79 Å². The molecule has 168 valence electrons. The van der Waals surface area contributed by atoms with Crippen molar-refractivity contribution in [1.82, 2.24) is 15.0 Å². The zero-order valence-corrected chi connectivity index (χ0v) is 19.2. The molecule has 0 aliphatic carbocycles. The molecule has 0 saturated carbocycles. The molecule has 1 fully saturated rings. The van der Waals surface area contributed by atoms with E-state index in [1.807, 2.05) is 25.1 Å². The van der Waals surface area contributed by atoms with Crippen molar-refractivity contribution in [3.8, 4) is 0 Å². The van der Waals surface area contributed by atoms with Crippen molar-refractivity contribution in [2.45, 2.75) is 57.4 Å². The molecular formula is C23H32N4O3S. The van der Waals surface area contributed by atoms with Gasteiger partial charge in [-0.05, 0) is 56.0 Å². The Balaban J connectivity index is 1.47. The number of sulfonamides is 1. The summed E-state index contributed by atoms with van der Waals surface area (Å²) >= 11 is 0. The first kappa shape index (κ1) is 23.2. The van der Waals surface area contributed by atoms with Crippen LogP contribution in [0.15, 0.2) is 41.4 Å². The molecule has 7 nitrogen and oxygen atoms in total. The molecule has 1 aliphatic rings. The van der Waals surface area contributed by atoms with Gasteiger partial charge in [0.25, 0.3) is 0 Å². The summed E-state index contributed by atoms with van der Waals surface area (Å²) in [5.41, 5.74) is 2.68. The second-order valence-corrected chi connectivity index (χ2v) is 9.85. The van der Waals surface area contributed by atoms with Gasteiger partial charge in [-0.2, -0.15) is 0 Å². The highest BCUT2D eigenvalue weighted by atomic mass is 32.2. The fourth-order valence-electron chi connectivity index (χ4n) is 3.81. The lowest BCUT2D eigenvalue weighted by molar-refractivity contribution is -0.121. The van der Waals surface area contributed by atoms with Crippen LogP contribution < -0.4 is 14.9 Å². The fourth-order valence-corrected chi connectivity index (χ4v) is 5.07. The van der Waals surface area contributed by atoms with E-state index in [4.69, 9.17) is 0 Å². The zero-order valence-electron chi connectivity index (χ0n) is 18.4. The van der Waals surface area contributed by atoms with Gasteiger partial charge in [-0.25, -0.2) is 18.1 Å². The molecule has 0 spiro atoms. The summed E-state index contributed by atoms with van der Waals surface area (Å²) in [6.07, 6.45) is 6.74. The van der Waals surface area contributed by atoms with Crippen LogP contribution in [0.1, 0.15) is 48.8 Å². The Morgan fingerprint density at radius 1 is 1.06 bits per heavy atom. The number of aryl methyl sites for hydroxylation is 2. The Labute approximate surface area is 185 Å². The van der Waals surface area contributed by atoms with Gasteiger partial charge >= 0.3 is 0 Å². The summed E-state index contributed by atoms with van der Waals surface area (Å²) in [7, 11) is -3.64. The van der Waals surface area contributed by atoms with E-state index >= 15 is 0 Å². The number of rotatable bonds is 8. The third kappa shape index (κ3) is 6.77. The topological polar surface area (TPSA) is 91.4 Å². The van der Waals surface area contributed by atoms with Crippen molar-refractivity contribution in [2.75, 3.05) is 24.5 Å². The van der Waals surface area contributed by atoms with E-state index in [0.717, 1.165) is 30.0 Å². The average molecular weight is 445 g/mol. The third-order valence-electron chi connectivity index (χ3n) is 5.49. The summed E-state index contributed by atoms with van der Waals surface area (Å²) in [6, 6.07) is 9.11. The first-order chi connectivity index (χ1) is 14.8. The highest BCUT2D eigenvalue weighted by molar-refractivity contribution is 7.89. The van der Waals surface area contributed by atoms with Gasteiger partial charge in [-0.15, -0.1) is 0 Å². The van der Waals surface area contributed by atoms with Crippen molar-refractivity contribution in [3.63, 3.8) is 0 Å². The fraction of sp³-hybridized carbons (Fsp3) is 0.478. The van der Waals surface area contributed by atoms with E-state index in [2.05, 4.69) is 19.9 Å². The highest BCUT2D eigenvalue weighted by Crippen LogP contribution is 2.18. The summed E-state index contributed by atoms with van der Waals surface area (Å²) in [5, 5.41) is 2.87. The van der Waals surface area contributed by atoms with E-state index in [-0.39, 0.29) is 23.8 Å². The lowest BCUT2D eigenvalue weighted by Crippen LogP contribution is -2.31. The number of pyridine rings is 1. The average Bonchev–Trinajstić information content (AvgIpc) is 3.02. The zero-order chi connectivity index (χ0) is 22.3. The Bertz CT molecular complexity index is 1000. The SMILES string of the molecule is Cc1ccc(S(=O)(=O)NCCC(=O)NCc2ccnc(N3CCCCCC3)c2)c(C)c1. The molecule has 1 saturated heterocycles. The lowest BCUT2D eigenvalue weighted by Gasteiger charge is -2.21. The summed E-state index contributed by atoms with van der Waals surface area (Å²) < 4.78 is 27.5. The van der Waals surface area contributed by atoms with Crippen LogP contribution >= 0.6 is 0 Å².